The smallest absolute Gasteiger partial charge is 0.408 e. The van der Waals surface area contributed by atoms with Crippen molar-refractivity contribution in [2.24, 2.45) is 5.10 Å². The van der Waals surface area contributed by atoms with Crippen LogP contribution in [0.1, 0.15) is 56.7 Å². The molecule has 5 rings (SSSR count). The number of alkyl carbamates (subject to hydrolysis) is 1. The number of nitrogens with zero attached hydrogens (tertiary/aromatic N) is 3. The first-order chi connectivity index (χ1) is 20.5. The number of nitrogens with one attached hydrogen (secondary N) is 2. The number of esters is 1. The van der Waals surface area contributed by atoms with E-state index >= 15 is 0 Å². The van der Waals surface area contributed by atoms with Gasteiger partial charge in [0.25, 0.3) is 5.91 Å². The van der Waals surface area contributed by atoms with E-state index in [0.29, 0.717) is 21.3 Å². The standard InChI is InChI=1S/C31H33N5O5S2/c1-18(2)34-35-29-32-16-22(43-29)21-17-42-27-23(33-30(39)41-31(3,4)5)26(37)36(27)24(21)28(38)40-25(19-12-8-6-9-13-19)20-14-10-7-11-15-20/h6-16,23,25,27H,17H2,1-5H3,(H,32,35)(H,33,39). The predicted molar refractivity (Wildman–Crippen MR) is 169 cm³/mol. The molecule has 3 aromatic rings. The minimum Gasteiger partial charge on any atom is -0.448 e. The highest BCUT2D eigenvalue weighted by molar-refractivity contribution is 8.00. The molecule has 0 radical (unpaired) electrons. The first kappa shape index (κ1) is 30.3. The molecule has 0 bridgehead atoms. The highest BCUT2D eigenvalue weighted by Crippen LogP contribution is 2.45. The second kappa shape index (κ2) is 12.6. The third-order valence-corrected chi connectivity index (χ3v) is 8.68. The number of aromatic nitrogens is 1. The van der Waals surface area contributed by atoms with Gasteiger partial charge in [0.05, 0.1) is 4.88 Å². The van der Waals surface area contributed by atoms with Crippen LogP contribution in [0, 0.1) is 0 Å². The Labute approximate surface area is 258 Å². The summed E-state index contributed by atoms with van der Waals surface area (Å²) in [6.45, 7) is 8.98. The van der Waals surface area contributed by atoms with Crippen LogP contribution in [0.3, 0.4) is 0 Å². The van der Waals surface area contributed by atoms with E-state index in [1.807, 2.05) is 74.5 Å². The number of hydrogen-bond donors (Lipinski definition) is 2. The van der Waals surface area contributed by atoms with Crippen LogP contribution >= 0.6 is 23.1 Å². The Morgan fingerprint density at radius 3 is 2.26 bits per heavy atom. The number of ether oxygens (including phenoxy) is 2. The third kappa shape index (κ3) is 6.91. The van der Waals surface area contributed by atoms with Gasteiger partial charge in [-0.15, -0.1) is 11.8 Å². The first-order valence-corrected chi connectivity index (χ1v) is 15.6. The molecule has 43 heavy (non-hydrogen) atoms. The van der Waals surface area contributed by atoms with Crippen molar-refractivity contribution >= 4 is 57.5 Å². The van der Waals surface area contributed by atoms with Crippen molar-refractivity contribution in [2.75, 3.05) is 11.2 Å². The molecule has 2 amide bonds. The molecule has 0 aliphatic carbocycles. The van der Waals surface area contributed by atoms with Crippen molar-refractivity contribution in [3.05, 3.63) is 88.6 Å². The lowest BCUT2D eigenvalue weighted by Gasteiger charge is -2.49. The number of benzene rings is 2. The Morgan fingerprint density at radius 1 is 1.05 bits per heavy atom. The van der Waals surface area contributed by atoms with Gasteiger partial charge in [0.2, 0.25) is 5.13 Å². The Kier molecular flexibility index (Phi) is 8.88. The quantitative estimate of drug-likeness (QED) is 0.140. The summed E-state index contributed by atoms with van der Waals surface area (Å²) in [5.74, 6) is -0.672. The highest BCUT2D eigenvalue weighted by Gasteiger charge is 2.55. The van der Waals surface area contributed by atoms with Gasteiger partial charge in [-0.05, 0) is 45.7 Å². The molecule has 2 aliphatic heterocycles. The maximum atomic E-state index is 14.2. The number of fused-ring (bicyclic) bond motifs is 1. The van der Waals surface area contributed by atoms with E-state index in [9.17, 15) is 14.4 Å². The Balaban J connectivity index is 1.50. The lowest BCUT2D eigenvalue weighted by atomic mass is 10.0. The average Bonchev–Trinajstić information content (AvgIpc) is 3.45. The van der Waals surface area contributed by atoms with E-state index in [0.717, 1.165) is 16.8 Å². The summed E-state index contributed by atoms with van der Waals surface area (Å²) in [4.78, 5) is 46.8. The lowest BCUT2D eigenvalue weighted by molar-refractivity contribution is -0.153. The van der Waals surface area contributed by atoms with Crippen LogP contribution in [0.25, 0.3) is 5.57 Å². The lowest BCUT2D eigenvalue weighted by Crippen LogP contribution is -2.70. The van der Waals surface area contributed by atoms with E-state index in [4.69, 9.17) is 9.47 Å². The zero-order valence-corrected chi connectivity index (χ0v) is 26.1. The van der Waals surface area contributed by atoms with Crippen molar-refractivity contribution in [1.29, 1.82) is 0 Å². The topological polar surface area (TPSA) is 122 Å². The van der Waals surface area contributed by atoms with E-state index in [1.54, 1.807) is 27.0 Å². The SMILES string of the molecule is CC(C)=NNc1ncc(C2=C(C(=O)OC(c3ccccc3)c3ccccc3)N3C(=O)C(NC(=O)OC(C)(C)C)C3SC2)s1. The molecule has 224 valence electrons. The summed E-state index contributed by atoms with van der Waals surface area (Å²) in [5, 5.41) is 6.94. The summed E-state index contributed by atoms with van der Waals surface area (Å²) in [6, 6.07) is 18.1. The van der Waals surface area contributed by atoms with Gasteiger partial charge in [-0.2, -0.15) is 5.10 Å². The Morgan fingerprint density at radius 2 is 1.67 bits per heavy atom. The second-order valence-electron chi connectivity index (χ2n) is 11.2. The van der Waals surface area contributed by atoms with Crippen molar-refractivity contribution in [2.45, 2.75) is 57.7 Å². The molecule has 12 heteroatoms. The van der Waals surface area contributed by atoms with Crippen LogP contribution in [-0.4, -0.2) is 56.3 Å². The molecule has 2 N–H and O–H groups in total. The molecule has 1 saturated heterocycles. The van der Waals surface area contributed by atoms with Gasteiger partial charge in [0.1, 0.15) is 22.7 Å². The number of carbonyl (C=O) groups excluding carboxylic acids is 3. The summed E-state index contributed by atoms with van der Waals surface area (Å²) in [6.07, 6.45) is 0.260. The fourth-order valence-corrected chi connectivity index (χ4v) is 6.86. The Hall–Kier alpha value is -4.16. The number of hydrazone groups is 1. The number of thioether (sulfide) groups is 1. The number of anilines is 1. The minimum absolute atomic E-state index is 0.137. The molecule has 0 saturated carbocycles. The van der Waals surface area contributed by atoms with Gasteiger partial charge < -0.3 is 14.8 Å². The van der Waals surface area contributed by atoms with Crippen molar-refractivity contribution in [3.63, 3.8) is 0 Å². The van der Waals surface area contributed by atoms with Crippen LogP contribution in [0.2, 0.25) is 0 Å². The zero-order chi connectivity index (χ0) is 30.7. The largest absolute Gasteiger partial charge is 0.448 e. The molecule has 0 spiro atoms. The van der Waals surface area contributed by atoms with Gasteiger partial charge in [0, 0.05) is 23.2 Å². The molecule has 1 fully saturated rings. The fourth-order valence-electron chi connectivity index (χ4n) is 4.60. The average molecular weight is 620 g/mol. The maximum Gasteiger partial charge on any atom is 0.408 e. The van der Waals surface area contributed by atoms with E-state index in [2.05, 4.69) is 20.8 Å². The second-order valence-corrected chi connectivity index (χ2v) is 13.3. The van der Waals surface area contributed by atoms with Gasteiger partial charge >= 0.3 is 12.1 Å². The number of rotatable bonds is 8. The molecule has 1 aromatic heterocycles. The summed E-state index contributed by atoms with van der Waals surface area (Å²) >= 11 is 2.77. The number of amides is 2. The minimum atomic E-state index is -0.844. The van der Waals surface area contributed by atoms with Gasteiger partial charge in [0.15, 0.2) is 6.10 Å². The maximum absolute atomic E-state index is 14.2. The molecule has 2 aromatic carbocycles. The van der Waals surface area contributed by atoms with E-state index < -0.39 is 41.1 Å². The van der Waals surface area contributed by atoms with Crippen LogP contribution < -0.4 is 10.7 Å². The summed E-state index contributed by atoms with van der Waals surface area (Å²) in [7, 11) is 0. The number of β-lactam (4-membered cyclic amide) rings is 1. The molecule has 10 nitrogen and oxygen atoms in total. The summed E-state index contributed by atoms with van der Waals surface area (Å²) in [5.41, 5.74) is 5.38. The molecular formula is C31H33N5O5S2. The first-order valence-electron chi connectivity index (χ1n) is 13.7. The molecule has 2 aliphatic rings. The van der Waals surface area contributed by atoms with Crippen LogP contribution in [-0.2, 0) is 19.1 Å². The fraction of sp³-hybridized carbons (Fsp3) is 0.323. The van der Waals surface area contributed by atoms with Gasteiger partial charge in [-0.3, -0.25) is 15.1 Å². The highest BCUT2D eigenvalue weighted by atomic mass is 32.2. The number of carbonyl (C=O) groups is 3. The zero-order valence-electron chi connectivity index (χ0n) is 24.5. The van der Waals surface area contributed by atoms with Crippen LogP contribution in [0.4, 0.5) is 9.93 Å². The normalized spacial score (nSPS) is 18.0. The molecule has 2 unspecified atom stereocenters. The molecule has 2 atom stereocenters. The summed E-state index contributed by atoms with van der Waals surface area (Å²) < 4.78 is 11.6. The molecular weight excluding hydrogens is 587 g/mol. The Bertz CT molecular complexity index is 1520. The van der Waals surface area contributed by atoms with E-state index in [1.165, 1.54) is 28.0 Å². The predicted octanol–water partition coefficient (Wildman–Crippen LogP) is 5.80. The van der Waals surface area contributed by atoms with Crippen molar-refractivity contribution < 1.29 is 23.9 Å². The number of thiazole rings is 1. The van der Waals surface area contributed by atoms with Gasteiger partial charge in [-0.25, -0.2) is 14.6 Å². The van der Waals surface area contributed by atoms with Crippen LogP contribution in [0.15, 0.2) is 77.7 Å². The van der Waals surface area contributed by atoms with Crippen molar-refractivity contribution in [3.8, 4) is 0 Å². The third-order valence-electron chi connectivity index (χ3n) is 6.44. The van der Waals surface area contributed by atoms with Gasteiger partial charge in [-0.1, -0.05) is 72.0 Å². The molecule has 3 heterocycles. The van der Waals surface area contributed by atoms with E-state index in [-0.39, 0.29) is 5.70 Å². The monoisotopic (exact) mass is 619 g/mol. The number of hydrogen-bond acceptors (Lipinski definition) is 10. The van der Waals surface area contributed by atoms with Crippen LogP contribution in [0.5, 0.6) is 0 Å². The van der Waals surface area contributed by atoms with Crippen molar-refractivity contribution in [1.82, 2.24) is 15.2 Å².